The fraction of sp³-hybridized carbons (Fsp3) is 0.833. The van der Waals surface area contributed by atoms with Crippen molar-refractivity contribution in [3.63, 3.8) is 0 Å². The maximum atomic E-state index is 5.81. The van der Waals surface area contributed by atoms with E-state index >= 15 is 0 Å². The average Bonchev–Trinajstić information content (AvgIpc) is 2.68. The minimum Gasteiger partial charge on any atom is -0.347 e. The van der Waals surface area contributed by atoms with E-state index in [1.807, 2.05) is 0 Å². The predicted octanol–water partition coefficient (Wildman–Crippen LogP) is 2.89. The topological polar surface area (TPSA) is 18.5 Å². The first kappa shape index (κ1) is 10.2. The molecule has 0 amide bonds. The van der Waals surface area contributed by atoms with Crippen LogP contribution in [0, 0.1) is 5.92 Å². The number of hydrogen-bond acceptors (Lipinski definition) is 2. The van der Waals surface area contributed by atoms with Crippen molar-refractivity contribution in [2.75, 3.05) is 13.2 Å². The van der Waals surface area contributed by atoms with Gasteiger partial charge < -0.3 is 9.47 Å². The van der Waals surface area contributed by atoms with E-state index < -0.39 is 0 Å². The second-order valence-electron chi connectivity index (χ2n) is 4.38. The summed E-state index contributed by atoms with van der Waals surface area (Å²) in [5, 5.41) is 0. The van der Waals surface area contributed by atoms with Crippen molar-refractivity contribution in [2.45, 2.75) is 45.3 Å². The van der Waals surface area contributed by atoms with E-state index in [4.69, 9.17) is 9.47 Å². The Morgan fingerprint density at radius 2 is 2.14 bits per heavy atom. The first-order valence-electron chi connectivity index (χ1n) is 5.70. The highest BCUT2D eigenvalue weighted by molar-refractivity contribution is 5.05. The molecule has 14 heavy (non-hydrogen) atoms. The van der Waals surface area contributed by atoms with Crippen LogP contribution in [0.4, 0.5) is 0 Å². The van der Waals surface area contributed by atoms with Gasteiger partial charge in [0.15, 0.2) is 5.79 Å². The summed E-state index contributed by atoms with van der Waals surface area (Å²) in [6, 6.07) is 0. The Morgan fingerprint density at radius 1 is 1.43 bits per heavy atom. The molecule has 1 fully saturated rings. The summed E-state index contributed by atoms with van der Waals surface area (Å²) in [4.78, 5) is 0. The van der Waals surface area contributed by atoms with Gasteiger partial charge in [-0.25, -0.2) is 0 Å². The van der Waals surface area contributed by atoms with Gasteiger partial charge in [0.2, 0.25) is 0 Å². The van der Waals surface area contributed by atoms with Gasteiger partial charge in [-0.15, -0.1) is 0 Å². The molecule has 1 heterocycles. The van der Waals surface area contributed by atoms with Gasteiger partial charge >= 0.3 is 0 Å². The van der Waals surface area contributed by atoms with Crippen LogP contribution in [0.1, 0.15) is 39.5 Å². The Morgan fingerprint density at radius 3 is 2.64 bits per heavy atom. The fourth-order valence-electron chi connectivity index (χ4n) is 2.56. The van der Waals surface area contributed by atoms with Crippen LogP contribution < -0.4 is 0 Å². The normalized spacial score (nSPS) is 31.6. The quantitative estimate of drug-likeness (QED) is 0.632. The summed E-state index contributed by atoms with van der Waals surface area (Å²) in [5.41, 5.74) is 1.52. The van der Waals surface area contributed by atoms with Gasteiger partial charge in [-0.1, -0.05) is 18.6 Å². The van der Waals surface area contributed by atoms with Gasteiger partial charge in [0, 0.05) is 5.92 Å². The van der Waals surface area contributed by atoms with Crippen LogP contribution in [-0.4, -0.2) is 19.0 Å². The van der Waals surface area contributed by atoms with E-state index in [9.17, 15) is 0 Å². The Balaban J connectivity index is 2.06. The molecule has 2 rings (SSSR count). The molecule has 0 spiro atoms. The molecule has 0 aromatic carbocycles. The van der Waals surface area contributed by atoms with Crippen LogP contribution in [0.25, 0.3) is 0 Å². The van der Waals surface area contributed by atoms with Crippen LogP contribution in [0.2, 0.25) is 0 Å². The molecule has 1 aliphatic carbocycles. The Hall–Kier alpha value is -0.340. The second-order valence-corrected chi connectivity index (χ2v) is 4.38. The van der Waals surface area contributed by atoms with Crippen LogP contribution in [-0.2, 0) is 9.47 Å². The molecule has 1 aliphatic heterocycles. The van der Waals surface area contributed by atoms with Crippen molar-refractivity contribution in [3.8, 4) is 0 Å². The summed E-state index contributed by atoms with van der Waals surface area (Å²) in [5.74, 6) is 0.315. The molecule has 80 valence electrons. The van der Waals surface area contributed by atoms with Crippen molar-refractivity contribution in [1.82, 2.24) is 0 Å². The third-order valence-electron chi connectivity index (χ3n) is 3.53. The van der Waals surface area contributed by atoms with Crippen molar-refractivity contribution < 1.29 is 9.47 Å². The standard InChI is InChI=1S/C12H20O2/c1-3-12(13-8-9-14-12)11-6-4-10(2)5-7-11/h4,11H,3,5-9H2,1-2H3. The molecule has 0 aromatic rings. The Kier molecular flexibility index (Phi) is 2.93. The lowest BCUT2D eigenvalue weighted by molar-refractivity contribution is -0.199. The van der Waals surface area contributed by atoms with Crippen LogP contribution in [0.3, 0.4) is 0 Å². The summed E-state index contributed by atoms with van der Waals surface area (Å²) < 4.78 is 11.6. The maximum Gasteiger partial charge on any atom is 0.171 e. The molecule has 1 atom stereocenters. The van der Waals surface area contributed by atoms with Crippen LogP contribution >= 0.6 is 0 Å². The lowest BCUT2D eigenvalue weighted by Gasteiger charge is -2.36. The predicted molar refractivity (Wildman–Crippen MR) is 56.0 cm³/mol. The summed E-state index contributed by atoms with van der Waals surface area (Å²) >= 11 is 0. The van der Waals surface area contributed by atoms with Gasteiger partial charge in [-0.05, 0) is 32.6 Å². The molecule has 0 aromatic heterocycles. The third-order valence-corrected chi connectivity index (χ3v) is 3.53. The third kappa shape index (κ3) is 1.73. The van der Waals surface area contributed by atoms with Gasteiger partial charge in [0.05, 0.1) is 13.2 Å². The first-order chi connectivity index (χ1) is 6.77. The summed E-state index contributed by atoms with van der Waals surface area (Å²) in [7, 11) is 0. The Labute approximate surface area is 86.3 Å². The van der Waals surface area contributed by atoms with Gasteiger partial charge in [-0.2, -0.15) is 0 Å². The smallest absolute Gasteiger partial charge is 0.171 e. The molecule has 0 saturated carbocycles. The van der Waals surface area contributed by atoms with E-state index in [1.54, 1.807) is 0 Å². The molecule has 1 saturated heterocycles. The number of hydrogen-bond donors (Lipinski definition) is 0. The lowest BCUT2D eigenvalue weighted by atomic mass is 9.83. The van der Waals surface area contributed by atoms with Gasteiger partial charge in [0.25, 0.3) is 0 Å². The molecule has 0 radical (unpaired) electrons. The first-order valence-corrected chi connectivity index (χ1v) is 5.70. The summed E-state index contributed by atoms with van der Waals surface area (Å²) in [6.07, 6.45) is 6.87. The molecular formula is C12H20O2. The minimum atomic E-state index is -0.253. The number of rotatable bonds is 2. The number of ether oxygens (including phenoxy) is 2. The SMILES string of the molecule is CCC1(C2CC=C(C)CC2)OCCO1. The molecule has 2 nitrogen and oxygen atoms in total. The average molecular weight is 196 g/mol. The molecular weight excluding hydrogens is 176 g/mol. The summed E-state index contributed by atoms with van der Waals surface area (Å²) in [6.45, 7) is 5.92. The van der Waals surface area contributed by atoms with E-state index in [2.05, 4.69) is 19.9 Å². The van der Waals surface area contributed by atoms with Crippen LogP contribution in [0.15, 0.2) is 11.6 Å². The molecule has 0 N–H and O–H groups in total. The largest absolute Gasteiger partial charge is 0.347 e. The van der Waals surface area contributed by atoms with Crippen molar-refractivity contribution in [3.05, 3.63) is 11.6 Å². The highest BCUT2D eigenvalue weighted by Gasteiger charge is 2.42. The monoisotopic (exact) mass is 196 g/mol. The highest BCUT2D eigenvalue weighted by Crippen LogP contribution is 2.39. The van der Waals surface area contributed by atoms with Gasteiger partial charge in [0.1, 0.15) is 0 Å². The maximum absolute atomic E-state index is 5.81. The second kappa shape index (κ2) is 4.03. The zero-order chi connectivity index (χ0) is 10.0. The van der Waals surface area contributed by atoms with Crippen molar-refractivity contribution in [1.29, 1.82) is 0 Å². The molecule has 1 unspecified atom stereocenters. The van der Waals surface area contributed by atoms with E-state index in [1.165, 1.54) is 18.4 Å². The molecule has 2 aliphatic rings. The zero-order valence-corrected chi connectivity index (χ0v) is 9.21. The molecule has 0 bridgehead atoms. The van der Waals surface area contributed by atoms with E-state index in [0.29, 0.717) is 5.92 Å². The minimum absolute atomic E-state index is 0.253. The fourth-order valence-corrected chi connectivity index (χ4v) is 2.56. The van der Waals surface area contributed by atoms with Crippen molar-refractivity contribution in [2.24, 2.45) is 5.92 Å². The Bertz CT molecular complexity index is 226. The van der Waals surface area contributed by atoms with Crippen LogP contribution in [0.5, 0.6) is 0 Å². The lowest BCUT2D eigenvalue weighted by Crippen LogP contribution is -2.39. The molecule has 2 heteroatoms. The van der Waals surface area contributed by atoms with E-state index in [0.717, 1.165) is 26.1 Å². The van der Waals surface area contributed by atoms with Gasteiger partial charge in [-0.3, -0.25) is 0 Å². The van der Waals surface area contributed by atoms with Crippen molar-refractivity contribution >= 4 is 0 Å². The highest BCUT2D eigenvalue weighted by atomic mass is 16.7. The number of allylic oxidation sites excluding steroid dienone is 2. The zero-order valence-electron chi connectivity index (χ0n) is 9.21. The van der Waals surface area contributed by atoms with E-state index in [-0.39, 0.29) is 5.79 Å².